The molecule has 174 valence electrons. The van der Waals surface area contributed by atoms with Crippen molar-refractivity contribution in [1.29, 1.82) is 0 Å². The summed E-state index contributed by atoms with van der Waals surface area (Å²) in [6.07, 6.45) is 1.68. The molecule has 0 aliphatic heterocycles. The summed E-state index contributed by atoms with van der Waals surface area (Å²) in [6, 6.07) is 10.9. The van der Waals surface area contributed by atoms with Crippen molar-refractivity contribution < 1.29 is 29.5 Å². The van der Waals surface area contributed by atoms with Crippen LogP contribution in [0.3, 0.4) is 0 Å². The standard InChI is InChI=1S/C27H30O6/c1-4-31-25-13-19-8-18-12-24(30)27(33-6-3)15-21(18)9-20-14-26(32-5-2)23(29)11-17(20)7-16(19)10-22(25)28/h10-15,28-30H,4-9H2,1-3H3. The Labute approximate surface area is 194 Å². The molecule has 0 saturated carbocycles. The number of ether oxygens (including phenoxy) is 3. The lowest BCUT2D eigenvalue weighted by atomic mass is 9.94. The van der Waals surface area contributed by atoms with Crippen LogP contribution in [0.15, 0.2) is 36.4 Å². The Kier molecular flexibility index (Phi) is 6.54. The van der Waals surface area contributed by atoms with Crippen LogP contribution in [-0.2, 0) is 19.3 Å². The number of fused-ring (bicyclic) bond motifs is 3. The third-order valence-electron chi connectivity index (χ3n) is 5.89. The predicted molar refractivity (Wildman–Crippen MR) is 126 cm³/mol. The first-order chi connectivity index (χ1) is 15.9. The Morgan fingerprint density at radius 3 is 0.970 bits per heavy atom. The monoisotopic (exact) mass is 450 g/mol. The number of hydrogen-bond acceptors (Lipinski definition) is 6. The van der Waals surface area contributed by atoms with Gasteiger partial charge in [-0.1, -0.05) is 0 Å². The zero-order valence-electron chi connectivity index (χ0n) is 19.3. The highest BCUT2D eigenvalue weighted by atomic mass is 16.5. The highest BCUT2D eigenvalue weighted by Crippen LogP contribution is 2.40. The van der Waals surface area contributed by atoms with Crippen LogP contribution in [0.4, 0.5) is 0 Å². The quantitative estimate of drug-likeness (QED) is 0.379. The molecule has 33 heavy (non-hydrogen) atoms. The Bertz CT molecular complexity index is 1170. The summed E-state index contributed by atoms with van der Waals surface area (Å²) in [5.74, 6) is 1.59. The van der Waals surface area contributed by atoms with Gasteiger partial charge in [0.25, 0.3) is 0 Å². The van der Waals surface area contributed by atoms with Crippen molar-refractivity contribution in [3.05, 3.63) is 69.8 Å². The van der Waals surface area contributed by atoms with Crippen molar-refractivity contribution >= 4 is 0 Å². The molecule has 0 fully saturated rings. The average molecular weight is 451 g/mol. The van der Waals surface area contributed by atoms with E-state index in [-0.39, 0.29) is 17.2 Å². The summed E-state index contributed by atoms with van der Waals surface area (Å²) < 4.78 is 16.9. The maximum absolute atomic E-state index is 10.6. The fourth-order valence-corrected chi connectivity index (χ4v) is 4.38. The van der Waals surface area contributed by atoms with Crippen LogP contribution in [0.5, 0.6) is 34.5 Å². The van der Waals surface area contributed by atoms with Gasteiger partial charge in [0.05, 0.1) is 19.8 Å². The van der Waals surface area contributed by atoms with Crippen molar-refractivity contribution in [2.45, 2.75) is 40.0 Å². The molecule has 6 nitrogen and oxygen atoms in total. The lowest BCUT2D eigenvalue weighted by Crippen LogP contribution is -2.02. The summed E-state index contributed by atoms with van der Waals surface area (Å²) in [5, 5.41) is 31.6. The Hall–Kier alpha value is -3.54. The van der Waals surface area contributed by atoms with Gasteiger partial charge in [0, 0.05) is 0 Å². The molecule has 3 aromatic rings. The zero-order valence-corrected chi connectivity index (χ0v) is 19.3. The lowest BCUT2D eigenvalue weighted by molar-refractivity contribution is 0.317. The summed E-state index contributed by atoms with van der Waals surface area (Å²) in [6.45, 7) is 6.97. The van der Waals surface area contributed by atoms with E-state index in [9.17, 15) is 15.3 Å². The molecular formula is C27H30O6. The van der Waals surface area contributed by atoms with E-state index in [1.165, 1.54) is 0 Å². The molecule has 0 unspecified atom stereocenters. The maximum Gasteiger partial charge on any atom is 0.161 e. The van der Waals surface area contributed by atoms with Crippen molar-refractivity contribution in [2.24, 2.45) is 0 Å². The molecule has 1 aliphatic carbocycles. The predicted octanol–water partition coefficient (Wildman–Crippen LogP) is 5.09. The van der Waals surface area contributed by atoms with Gasteiger partial charge in [-0.15, -0.1) is 0 Å². The van der Waals surface area contributed by atoms with E-state index in [4.69, 9.17) is 14.2 Å². The smallest absolute Gasteiger partial charge is 0.161 e. The van der Waals surface area contributed by atoms with E-state index in [0.29, 0.717) is 56.3 Å². The van der Waals surface area contributed by atoms with Crippen LogP contribution in [0.2, 0.25) is 0 Å². The first-order valence-corrected chi connectivity index (χ1v) is 11.4. The van der Waals surface area contributed by atoms with Crippen LogP contribution >= 0.6 is 0 Å². The number of benzene rings is 3. The average Bonchev–Trinajstić information content (AvgIpc) is 2.82. The number of rotatable bonds is 6. The Balaban J connectivity index is 1.93. The fraction of sp³-hybridized carbons (Fsp3) is 0.333. The Morgan fingerprint density at radius 1 is 0.485 bits per heavy atom. The molecule has 0 bridgehead atoms. The molecule has 0 saturated heterocycles. The van der Waals surface area contributed by atoms with Crippen LogP contribution in [0.25, 0.3) is 0 Å². The van der Waals surface area contributed by atoms with E-state index < -0.39 is 0 Å². The van der Waals surface area contributed by atoms with Crippen molar-refractivity contribution in [1.82, 2.24) is 0 Å². The summed E-state index contributed by atoms with van der Waals surface area (Å²) in [7, 11) is 0. The topological polar surface area (TPSA) is 88.4 Å². The van der Waals surface area contributed by atoms with Crippen molar-refractivity contribution in [3.8, 4) is 34.5 Å². The highest BCUT2D eigenvalue weighted by Gasteiger charge is 2.21. The van der Waals surface area contributed by atoms with Gasteiger partial charge in [0.2, 0.25) is 0 Å². The third-order valence-corrected chi connectivity index (χ3v) is 5.89. The molecule has 0 aromatic heterocycles. The molecule has 3 N–H and O–H groups in total. The van der Waals surface area contributed by atoms with E-state index >= 15 is 0 Å². The van der Waals surface area contributed by atoms with Gasteiger partial charge in [-0.05, 0) is 110 Å². The van der Waals surface area contributed by atoms with Crippen LogP contribution in [-0.4, -0.2) is 35.1 Å². The number of aromatic hydroxyl groups is 3. The normalized spacial score (nSPS) is 12.5. The van der Waals surface area contributed by atoms with E-state index in [1.54, 1.807) is 18.2 Å². The summed E-state index contributed by atoms with van der Waals surface area (Å²) >= 11 is 0. The van der Waals surface area contributed by atoms with E-state index in [2.05, 4.69) is 0 Å². The fourth-order valence-electron chi connectivity index (χ4n) is 4.38. The molecule has 1 aliphatic rings. The van der Waals surface area contributed by atoms with Gasteiger partial charge in [-0.3, -0.25) is 0 Å². The molecule has 3 aromatic carbocycles. The lowest BCUT2D eigenvalue weighted by Gasteiger charge is -2.16. The SMILES string of the molecule is CCOc1cc2c(cc1O)Cc1cc(O)c(OCC)cc1Cc1cc(OCC)c(O)cc1C2. The molecule has 0 radical (unpaired) electrons. The minimum absolute atomic E-state index is 0.0846. The van der Waals surface area contributed by atoms with Crippen LogP contribution in [0, 0.1) is 0 Å². The molecular weight excluding hydrogens is 420 g/mol. The second-order valence-electron chi connectivity index (χ2n) is 8.10. The number of hydrogen-bond donors (Lipinski definition) is 3. The first kappa shape index (κ1) is 22.6. The van der Waals surface area contributed by atoms with Gasteiger partial charge in [-0.25, -0.2) is 0 Å². The number of phenolic OH excluding ortho intramolecular Hbond substituents is 3. The molecule has 0 atom stereocenters. The van der Waals surface area contributed by atoms with Gasteiger partial charge < -0.3 is 29.5 Å². The summed E-state index contributed by atoms with van der Waals surface area (Å²) in [4.78, 5) is 0. The molecule has 0 amide bonds. The second kappa shape index (κ2) is 9.53. The minimum Gasteiger partial charge on any atom is -0.504 e. The molecule has 0 spiro atoms. The molecule has 4 rings (SSSR count). The first-order valence-electron chi connectivity index (χ1n) is 11.4. The van der Waals surface area contributed by atoms with Gasteiger partial charge in [-0.2, -0.15) is 0 Å². The van der Waals surface area contributed by atoms with Gasteiger partial charge >= 0.3 is 0 Å². The van der Waals surface area contributed by atoms with E-state index in [1.807, 2.05) is 39.0 Å². The maximum atomic E-state index is 10.6. The van der Waals surface area contributed by atoms with Crippen LogP contribution in [0.1, 0.15) is 54.2 Å². The largest absolute Gasteiger partial charge is 0.504 e. The zero-order chi connectivity index (χ0) is 23.5. The second-order valence-corrected chi connectivity index (χ2v) is 8.10. The minimum atomic E-state index is 0.0846. The van der Waals surface area contributed by atoms with Crippen LogP contribution < -0.4 is 14.2 Å². The summed E-state index contributed by atoms with van der Waals surface area (Å²) in [5.41, 5.74) is 5.85. The van der Waals surface area contributed by atoms with Gasteiger partial charge in [0.1, 0.15) is 0 Å². The van der Waals surface area contributed by atoms with Crippen molar-refractivity contribution in [2.75, 3.05) is 19.8 Å². The number of phenols is 3. The molecule has 6 heteroatoms. The third kappa shape index (κ3) is 4.65. The van der Waals surface area contributed by atoms with E-state index in [0.717, 1.165) is 33.4 Å². The van der Waals surface area contributed by atoms with Gasteiger partial charge in [0.15, 0.2) is 34.5 Å². The highest BCUT2D eigenvalue weighted by molar-refractivity contribution is 5.57. The van der Waals surface area contributed by atoms with Crippen molar-refractivity contribution in [3.63, 3.8) is 0 Å². The Morgan fingerprint density at radius 2 is 0.727 bits per heavy atom. The molecule has 0 heterocycles.